The Morgan fingerprint density at radius 3 is 2.85 bits per heavy atom. The van der Waals surface area contributed by atoms with Crippen LogP contribution in [0.3, 0.4) is 0 Å². The second kappa shape index (κ2) is 7.64. The maximum Gasteiger partial charge on any atom is 0.332 e. The molecule has 1 unspecified atom stereocenters. The van der Waals surface area contributed by atoms with Gasteiger partial charge in [0, 0.05) is 6.42 Å². The van der Waals surface area contributed by atoms with E-state index in [-0.39, 0.29) is 35.8 Å². The minimum Gasteiger partial charge on any atom is -0.617 e. The molecule has 3 heterocycles. The van der Waals surface area contributed by atoms with Crippen molar-refractivity contribution >= 4 is 28.3 Å². The number of nitrogens with zero attached hydrogens (tertiary/aromatic N) is 3. The Balaban J connectivity index is 2.14. The SMILES string of the molecule is CC[C@H](O)[C@@H]1C[C@@H](O)[C@H](n2c(=O)n(CC[S+](C)[O-])c3c(=O)[nH]c(N)nc32)O1. The zero-order valence-corrected chi connectivity index (χ0v) is 15.8. The van der Waals surface area contributed by atoms with Gasteiger partial charge in [0.2, 0.25) is 5.95 Å². The summed E-state index contributed by atoms with van der Waals surface area (Å²) >= 11 is -1.18. The van der Waals surface area contributed by atoms with Crippen LogP contribution in [0.5, 0.6) is 0 Å². The van der Waals surface area contributed by atoms with Crippen molar-refractivity contribution in [1.82, 2.24) is 19.1 Å². The van der Waals surface area contributed by atoms with Crippen molar-refractivity contribution < 1.29 is 19.5 Å². The number of aliphatic hydroxyl groups is 2. The lowest BCUT2D eigenvalue weighted by atomic mass is 10.1. The number of aliphatic hydroxyl groups excluding tert-OH is 2. The number of anilines is 1. The van der Waals surface area contributed by atoms with Crippen LogP contribution in [0, 0.1) is 0 Å². The van der Waals surface area contributed by atoms with Gasteiger partial charge in [-0.05, 0) is 6.42 Å². The number of nitrogens with two attached hydrogens (primary N) is 1. The van der Waals surface area contributed by atoms with E-state index in [1.165, 1.54) is 6.26 Å². The van der Waals surface area contributed by atoms with E-state index in [4.69, 9.17) is 10.5 Å². The Kier molecular flexibility index (Phi) is 5.63. The van der Waals surface area contributed by atoms with Crippen LogP contribution in [0.2, 0.25) is 0 Å². The molecule has 5 atom stereocenters. The molecule has 3 rings (SSSR count). The van der Waals surface area contributed by atoms with Gasteiger partial charge < -0.3 is 25.2 Å². The topological polar surface area (TPSA) is 171 Å². The molecule has 0 radical (unpaired) electrons. The van der Waals surface area contributed by atoms with Gasteiger partial charge in [-0.15, -0.1) is 0 Å². The lowest BCUT2D eigenvalue weighted by molar-refractivity contribution is -0.0759. The summed E-state index contributed by atoms with van der Waals surface area (Å²) in [6.45, 7) is 1.81. The standard InChI is InChI=1S/C15H23N5O6S/c1-3-7(21)9-6-8(22)13(26-9)20-11-10(12(23)18-14(16)17-11)19(15(20)24)4-5-27(2)25/h7-9,13,21-22H,3-6H2,1-2H3,(H3,16,17,18,23)/t7-,8+,9-,13+,27?/m0/s1. The van der Waals surface area contributed by atoms with Gasteiger partial charge in [-0.3, -0.25) is 14.3 Å². The van der Waals surface area contributed by atoms with E-state index >= 15 is 0 Å². The number of nitrogen functional groups attached to an aromatic ring is 1. The van der Waals surface area contributed by atoms with E-state index in [0.29, 0.717) is 6.42 Å². The van der Waals surface area contributed by atoms with Crippen molar-refractivity contribution in [3.05, 3.63) is 20.8 Å². The molecule has 2 aromatic heterocycles. The van der Waals surface area contributed by atoms with E-state index in [1.54, 1.807) is 6.92 Å². The number of rotatable bonds is 6. The Labute approximate surface area is 157 Å². The van der Waals surface area contributed by atoms with Crippen LogP contribution < -0.4 is 17.0 Å². The van der Waals surface area contributed by atoms with Gasteiger partial charge in [0.15, 0.2) is 17.4 Å². The highest BCUT2D eigenvalue weighted by Gasteiger charge is 2.40. The summed E-state index contributed by atoms with van der Waals surface area (Å²) in [5.41, 5.74) is 4.31. The molecule has 150 valence electrons. The number of imidazole rings is 1. The maximum atomic E-state index is 13.0. The fourth-order valence-electron chi connectivity index (χ4n) is 3.28. The lowest BCUT2D eigenvalue weighted by Gasteiger charge is -2.18. The third kappa shape index (κ3) is 3.62. The molecule has 1 aliphatic rings. The second-order valence-electron chi connectivity index (χ2n) is 6.55. The molecule has 5 N–H and O–H groups in total. The maximum absolute atomic E-state index is 13.0. The minimum atomic E-state index is -1.18. The summed E-state index contributed by atoms with van der Waals surface area (Å²) < 4.78 is 19.4. The van der Waals surface area contributed by atoms with Crippen LogP contribution in [-0.4, -0.2) is 64.2 Å². The van der Waals surface area contributed by atoms with Gasteiger partial charge in [-0.2, -0.15) is 4.98 Å². The first-order valence-electron chi connectivity index (χ1n) is 8.56. The Bertz CT molecular complexity index is 937. The molecule has 0 spiro atoms. The molecule has 0 bridgehead atoms. The summed E-state index contributed by atoms with van der Waals surface area (Å²) in [4.78, 5) is 31.7. The van der Waals surface area contributed by atoms with Gasteiger partial charge in [0.25, 0.3) is 5.56 Å². The van der Waals surface area contributed by atoms with Gasteiger partial charge in [0.05, 0.1) is 25.0 Å². The number of aromatic nitrogens is 4. The number of fused-ring (bicyclic) bond motifs is 1. The summed E-state index contributed by atoms with van der Waals surface area (Å²) in [5.74, 6) is -0.0243. The van der Waals surface area contributed by atoms with E-state index in [1.807, 2.05) is 0 Å². The summed E-state index contributed by atoms with van der Waals surface area (Å²) in [6.07, 6.45) is -1.58. The quantitative estimate of drug-likeness (QED) is 0.413. The molecular formula is C15H23N5O6S. The largest absolute Gasteiger partial charge is 0.617 e. The monoisotopic (exact) mass is 401 g/mol. The van der Waals surface area contributed by atoms with Crippen LogP contribution in [0.1, 0.15) is 26.0 Å². The van der Waals surface area contributed by atoms with Crippen molar-refractivity contribution in [2.75, 3.05) is 17.7 Å². The van der Waals surface area contributed by atoms with E-state index < -0.39 is 47.0 Å². The molecule has 0 amide bonds. The Morgan fingerprint density at radius 1 is 1.52 bits per heavy atom. The highest BCUT2D eigenvalue weighted by Crippen LogP contribution is 2.32. The summed E-state index contributed by atoms with van der Waals surface area (Å²) in [7, 11) is 0. The first-order chi connectivity index (χ1) is 12.7. The van der Waals surface area contributed by atoms with Crippen molar-refractivity contribution in [1.29, 1.82) is 0 Å². The average molecular weight is 401 g/mol. The van der Waals surface area contributed by atoms with E-state index in [9.17, 15) is 24.4 Å². The first-order valence-corrected chi connectivity index (χ1v) is 10.3. The predicted molar refractivity (Wildman–Crippen MR) is 98.8 cm³/mol. The molecule has 0 saturated carbocycles. The van der Waals surface area contributed by atoms with E-state index in [0.717, 1.165) is 9.13 Å². The number of aromatic amines is 1. The summed E-state index contributed by atoms with van der Waals surface area (Å²) in [6, 6.07) is 0. The molecule has 1 saturated heterocycles. The highest BCUT2D eigenvalue weighted by molar-refractivity contribution is 7.90. The lowest BCUT2D eigenvalue weighted by Crippen LogP contribution is -2.33. The number of hydrogen-bond donors (Lipinski definition) is 4. The van der Waals surface area contributed by atoms with Crippen molar-refractivity contribution in [2.45, 2.75) is 50.8 Å². The molecule has 27 heavy (non-hydrogen) atoms. The normalized spacial score (nSPS) is 25.1. The molecule has 0 aliphatic carbocycles. The van der Waals surface area contributed by atoms with Crippen molar-refractivity contribution in [3.63, 3.8) is 0 Å². The summed E-state index contributed by atoms with van der Waals surface area (Å²) in [5, 5.41) is 20.4. The number of hydrogen-bond acceptors (Lipinski definition) is 8. The minimum absolute atomic E-state index is 0.0289. The third-order valence-corrected chi connectivity index (χ3v) is 5.41. The zero-order chi connectivity index (χ0) is 19.9. The molecule has 0 aromatic carbocycles. The van der Waals surface area contributed by atoms with Gasteiger partial charge >= 0.3 is 5.69 Å². The molecule has 12 heteroatoms. The number of ether oxygens (including phenoxy) is 1. The van der Waals surface area contributed by atoms with Crippen molar-refractivity contribution in [2.24, 2.45) is 0 Å². The Morgan fingerprint density at radius 2 is 2.22 bits per heavy atom. The average Bonchev–Trinajstić information content (AvgIpc) is 3.09. The van der Waals surface area contributed by atoms with Gasteiger partial charge in [0.1, 0.15) is 11.9 Å². The van der Waals surface area contributed by atoms with Gasteiger partial charge in [-0.25, -0.2) is 9.36 Å². The number of aryl methyl sites for hydroxylation is 1. The van der Waals surface area contributed by atoms with Crippen LogP contribution in [0.15, 0.2) is 9.59 Å². The van der Waals surface area contributed by atoms with Crippen LogP contribution in [0.25, 0.3) is 11.2 Å². The van der Waals surface area contributed by atoms with Gasteiger partial charge in [-0.1, -0.05) is 18.1 Å². The molecule has 2 aromatic rings. The molecule has 1 fully saturated rings. The van der Waals surface area contributed by atoms with Crippen LogP contribution in [-0.2, 0) is 22.5 Å². The van der Waals surface area contributed by atoms with Crippen LogP contribution in [0.4, 0.5) is 5.95 Å². The molecular weight excluding hydrogens is 378 g/mol. The van der Waals surface area contributed by atoms with Crippen LogP contribution >= 0.6 is 0 Å². The van der Waals surface area contributed by atoms with Crippen molar-refractivity contribution in [3.8, 4) is 0 Å². The number of H-pyrrole nitrogens is 1. The number of nitrogens with one attached hydrogen (secondary N) is 1. The second-order valence-corrected chi connectivity index (χ2v) is 8.10. The van der Waals surface area contributed by atoms with E-state index in [2.05, 4.69) is 9.97 Å². The highest BCUT2D eigenvalue weighted by atomic mass is 32.2. The fraction of sp³-hybridized carbons (Fsp3) is 0.667. The zero-order valence-electron chi connectivity index (χ0n) is 15.0. The first kappa shape index (κ1) is 19.9. The Hall–Kier alpha value is -1.86. The molecule has 11 nitrogen and oxygen atoms in total. The fourth-order valence-corrected chi connectivity index (χ4v) is 3.72. The molecule has 1 aliphatic heterocycles. The smallest absolute Gasteiger partial charge is 0.332 e. The third-order valence-electron chi connectivity index (χ3n) is 4.65. The predicted octanol–water partition coefficient (Wildman–Crippen LogP) is -1.73.